The monoisotopic (exact) mass is 273 g/mol. The Bertz CT molecular complexity index is 584. The highest BCUT2D eigenvalue weighted by Gasteiger charge is 2.08. The summed E-state index contributed by atoms with van der Waals surface area (Å²) in [5.74, 6) is 0.476. The third-order valence-electron chi connectivity index (χ3n) is 2.65. The van der Waals surface area contributed by atoms with Gasteiger partial charge in [-0.1, -0.05) is 30.3 Å². The van der Waals surface area contributed by atoms with Crippen LogP contribution in [-0.4, -0.2) is 18.3 Å². The van der Waals surface area contributed by atoms with Crippen LogP contribution in [0.1, 0.15) is 5.56 Å². The van der Waals surface area contributed by atoms with Gasteiger partial charge in [0.1, 0.15) is 18.1 Å². The van der Waals surface area contributed by atoms with E-state index in [1.165, 1.54) is 19.2 Å². The zero-order valence-electron chi connectivity index (χ0n) is 11.0. The van der Waals surface area contributed by atoms with Crippen LogP contribution in [0.15, 0.2) is 48.5 Å². The summed E-state index contributed by atoms with van der Waals surface area (Å²) in [4.78, 5) is 11.7. The number of carbonyl (C=O) groups excluding carboxylic acids is 1. The van der Waals surface area contributed by atoms with E-state index in [0.29, 0.717) is 5.75 Å². The molecule has 2 aromatic rings. The summed E-state index contributed by atoms with van der Waals surface area (Å²) in [7, 11) is 1.50. The Morgan fingerprint density at radius 1 is 1.20 bits per heavy atom. The molecule has 0 aliphatic heterocycles. The number of carbonyl (C=O) groups is 1. The molecule has 0 aromatic heterocycles. The van der Waals surface area contributed by atoms with Crippen molar-refractivity contribution in [1.82, 2.24) is 0 Å². The molecule has 0 atom stereocenters. The number of methoxy groups -OCH3 is 1. The van der Waals surface area contributed by atoms with E-state index in [9.17, 15) is 9.90 Å². The molecular weight excluding hydrogens is 258 g/mol. The molecule has 0 bridgehead atoms. The first-order valence-electron chi connectivity index (χ1n) is 6.04. The lowest BCUT2D eigenvalue weighted by Gasteiger charge is -2.09. The van der Waals surface area contributed by atoms with Gasteiger partial charge >= 0.3 is 6.09 Å². The number of nitrogens with one attached hydrogen (secondary N) is 1. The summed E-state index contributed by atoms with van der Waals surface area (Å²) in [6.07, 6.45) is -0.641. The Balaban J connectivity index is 1.94. The maximum Gasteiger partial charge on any atom is 0.412 e. The molecule has 0 aliphatic rings. The number of rotatable bonds is 4. The highest BCUT2D eigenvalue weighted by atomic mass is 16.5. The lowest BCUT2D eigenvalue weighted by atomic mass is 10.2. The average Bonchev–Trinajstić information content (AvgIpc) is 2.48. The minimum absolute atomic E-state index is 0.0533. The smallest absolute Gasteiger partial charge is 0.412 e. The Morgan fingerprint density at radius 3 is 2.65 bits per heavy atom. The van der Waals surface area contributed by atoms with E-state index in [4.69, 9.17) is 9.47 Å². The number of amides is 1. The van der Waals surface area contributed by atoms with Crippen molar-refractivity contribution in [2.75, 3.05) is 12.4 Å². The zero-order valence-corrected chi connectivity index (χ0v) is 11.0. The first kappa shape index (κ1) is 13.7. The molecule has 0 spiro atoms. The summed E-state index contributed by atoms with van der Waals surface area (Å²) in [6.45, 7) is 0.164. The fourth-order valence-corrected chi connectivity index (χ4v) is 1.61. The Kier molecular flexibility index (Phi) is 4.44. The SMILES string of the molecule is COc1ccc(O)c(NC(=O)OCc2ccccc2)c1. The molecule has 20 heavy (non-hydrogen) atoms. The van der Waals surface area contributed by atoms with E-state index in [2.05, 4.69) is 5.32 Å². The zero-order chi connectivity index (χ0) is 14.4. The van der Waals surface area contributed by atoms with Crippen LogP contribution in [0, 0.1) is 0 Å². The summed E-state index contributed by atoms with van der Waals surface area (Å²) >= 11 is 0. The number of benzene rings is 2. The van der Waals surface area contributed by atoms with Crippen molar-refractivity contribution in [2.24, 2.45) is 0 Å². The molecule has 2 aromatic carbocycles. The van der Waals surface area contributed by atoms with Crippen LogP contribution < -0.4 is 10.1 Å². The topological polar surface area (TPSA) is 67.8 Å². The maximum atomic E-state index is 11.7. The minimum Gasteiger partial charge on any atom is -0.506 e. The molecule has 0 saturated heterocycles. The average molecular weight is 273 g/mol. The maximum absolute atomic E-state index is 11.7. The minimum atomic E-state index is -0.641. The van der Waals surface area contributed by atoms with Gasteiger partial charge in [-0.2, -0.15) is 0 Å². The Hall–Kier alpha value is -2.69. The van der Waals surface area contributed by atoms with Crippen molar-refractivity contribution < 1.29 is 19.4 Å². The van der Waals surface area contributed by atoms with Gasteiger partial charge < -0.3 is 14.6 Å². The van der Waals surface area contributed by atoms with Gasteiger partial charge in [-0.25, -0.2) is 4.79 Å². The first-order chi connectivity index (χ1) is 9.69. The quantitative estimate of drug-likeness (QED) is 0.840. The molecule has 0 radical (unpaired) electrons. The molecule has 2 rings (SSSR count). The van der Waals surface area contributed by atoms with Crippen molar-refractivity contribution >= 4 is 11.8 Å². The second kappa shape index (κ2) is 6.47. The number of phenols is 1. The number of hydrogen-bond acceptors (Lipinski definition) is 4. The van der Waals surface area contributed by atoms with E-state index in [0.717, 1.165) is 5.56 Å². The normalized spacial score (nSPS) is 9.85. The lowest BCUT2D eigenvalue weighted by molar-refractivity contribution is 0.155. The molecular formula is C15H15NO4. The van der Waals surface area contributed by atoms with Gasteiger partial charge in [0.15, 0.2) is 0 Å². The fourth-order valence-electron chi connectivity index (χ4n) is 1.61. The molecule has 0 heterocycles. The van der Waals surface area contributed by atoms with Crippen molar-refractivity contribution in [1.29, 1.82) is 0 Å². The third kappa shape index (κ3) is 3.65. The van der Waals surface area contributed by atoms with Crippen molar-refractivity contribution in [3.05, 3.63) is 54.1 Å². The third-order valence-corrected chi connectivity index (χ3v) is 2.65. The summed E-state index contributed by atoms with van der Waals surface area (Å²) in [5.41, 5.74) is 1.12. The van der Waals surface area contributed by atoms with Crippen LogP contribution in [0.3, 0.4) is 0 Å². The van der Waals surface area contributed by atoms with Crippen LogP contribution in [-0.2, 0) is 11.3 Å². The van der Waals surface area contributed by atoms with Gasteiger partial charge in [0.05, 0.1) is 12.8 Å². The van der Waals surface area contributed by atoms with Crippen LogP contribution in [0.25, 0.3) is 0 Å². The second-order valence-corrected chi connectivity index (χ2v) is 4.07. The van der Waals surface area contributed by atoms with E-state index < -0.39 is 6.09 Å². The summed E-state index contributed by atoms with van der Waals surface area (Å²) in [6, 6.07) is 13.9. The predicted molar refractivity (Wildman–Crippen MR) is 74.9 cm³/mol. The lowest BCUT2D eigenvalue weighted by Crippen LogP contribution is -2.13. The van der Waals surface area contributed by atoms with Gasteiger partial charge in [-0.05, 0) is 17.7 Å². The van der Waals surface area contributed by atoms with Crippen molar-refractivity contribution in [3.8, 4) is 11.5 Å². The number of phenolic OH excluding ortho intramolecular Hbond substituents is 1. The Labute approximate surface area is 116 Å². The van der Waals surface area contributed by atoms with Gasteiger partial charge in [0.25, 0.3) is 0 Å². The van der Waals surface area contributed by atoms with E-state index in [1.807, 2.05) is 30.3 Å². The standard InChI is InChI=1S/C15H15NO4/c1-19-12-7-8-14(17)13(9-12)16-15(18)20-10-11-5-3-2-4-6-11/h2-9,17H,10H2,1H3,(H,16,18). The molecule has 2 N–H and O–H groups in total. The molecule has 104 valence electrons. The van der Waals surface area contributed by atoms with Gasteiger partial charge in [0.2, 0.25) is 0 Å². The van der Waals surface area contributed by atoms with Gasteiger partial charge in [-0.3, -0.25) is 5.32 Å². The second-order valence-electron chi connectivity index (χ2n) is 4.07. The number of aromatic hydroxyl groups is 1. The first-order valence-corrected chi connectivity index (χ1v) is 6.04. The molecule has 0 unspecified atom stereocenters. The highest BCUT2D eigenvalue weighted by molar-refractivity contribution is 5.87. The summed E-state index contributed by atoms with van der Waals surface area (Å²) < 4.78 is 10.1. The molecule has 0 fully saturated rings. The predicted octanol–water partition coefficient (Wildman–Crippen LogP) is 3.15. The van der Waals surface area contributed by atoms with Crippen LogP contribution in [0.2, 0.25) is 0 Å². The van der Waals surface area contributed by atoms with E-state index in [-0.39, 0.29) is 18.0 Å². The Morgan fingerprint density at radius 2 is 1.95 bits per heavy atom. The van der Waals surface area contributed by atoms with Crippen LogP contribution in [0.4, 0.5) is 10.5 Å². The molecule has 0 aliphatic carbocycles. The van der Waals surface area contributed by atoms with Crippen molar-refractivity contribution in [2.45, 2.75) is 6.61 Å². The van der Waals surface area contributed by atoms with E-state index in [1.54, 1.807) is 6.07 Å². The molecule has 0 saturated carbocycles. The highest BCUT2D eigenvalue weighted by Crippen LogP contribution is 2.27. The van der Waals surface area contributed by atoms with Crippen LogP contribution >= 0.6 is 0 Å². The largest absolute Gasteiger partial charge is 0.506 e. The van der Waals surface area contributed by atoms with Gasteiger partial charge in [0, 0.05) is 6.07 Å². The summed E-state index contributed by atoms with van der Waals surface area (Å²) in [5, 5.41) is 12.1. The van der Waals surface area contributed by atoms with Crippen LogP contribution in [0.5, 0.6) is 11.5 Å². The fraction of sp³-hybridized carbons (Fsp3) is 0.133. The number of ether oxygens (including phenoxy) is 2. The number of anilines is 1. The molecule has 5 nitrogen and oxygen atoms in total. The molecule has 1 amide bonds. The molecule has 5 heteroatoms. The van der Waals surface area contributed by atoms with E-state index >= 15 is 0 Å². The van der Waals surface area contributed by atoms with Gasteiger partial charge in [-0.15, -0.1) is 0 Å². The van der Waals surface area contributed by atoms with Crippen molar-refractivity contribution in [3.63, 3.8) is 0 Å². The number of hydrogen-bond donors (Lipinski definition) is 2.